The third-order valence-corrected chi connectivity index (χ3v) is 1.75. The van der Waals surface area contributed by atoms with E-state index in [-0.39, 0.29) is 5.97 Å². The van der Waals surface area contributed by atoms with Crippen LogP contribution >= 0.6 is 0 Å². The van der Waals surface area contributed by atoms with Crippen molar-refractivity contribution in [3.63, 3.8) is 0 Å². The van der Waals surface area contributed by atoms with Crippen molar-refractivity contribution in [3.8, 4) is 0 Å². The monoisotopic (exact) mass is 178 g/mol. The lowest BCUT2D eigenvalue weighted by atomic mass is 10.2. The minimum Gasteiger partial charge on any atom is -0.461 e. The fourth-order valence-corrected chi connectivity index (χ4v) is 1.16. The van der Waals surface area contributed by atoms with Gasteiger partial charge in [-0.2, -0.15) is 0 Å². The molecule has 0 radical (unpaired) electrons. The maximum atomic E-state index is 10.6. The Bertz CT molecular complexity index is 282. The number of hydrogen-bond acceptors (Lipinski definition) is 2. The van der Waals surface area contributed by atoms with Crippen molar-refractivity contribution in [1.29, 1.82) is 0 Å². The summed E-state index contributed by atoms with van der Waals surface area (Å²) in [6.07, 6.45) is 9.16. The van der Waals surface area contributed by atoms with E-state index in [1.165, 1.54) is 12.5 Å². The summed E-state index contributed by atoms with van der Waals surface area (Å²) in [5.74, 6) is -0.232. The van der Waals surface area contributed by atoms with E-state index in [1.807, 2.05) is 13.0 Å². The minimum atomic E-state index is -0.232. The van der Waals surface area contributed by atoms with Crippen LogP contribution in [-0.2, 0) is 9.53 Å². The molecule has 13 heavy (non-hydrogen) atoms. The standard InChI is InChI=1S/C11H14O2/c1-9-5-3-4-6-11(7-9)8-13-10(2)12/h3,5-7H,4,8H2,1-2H3. The number of rotatable bonds is 2. The molecule has 0 unspecified atom stereocenters. The van der Waals surface area contributed by atoms with E-state index in [9.17, 15) is 4.79 Å². The Balaban J connectivity index is 2.55. The van der Waals surface area contributed by atoms with Gasteiger partial charge in [-0.1, -0.05) is 29.9 Å². The molecule has 0 aromatic carbocycles. The maximum absolute atomic E-state index is 10.6. The summed E-state index contributed by atoms with van der Waals surface area (Å²) in [6.45, 7) is 3.84. The van der Waals surface area contributed by atoms with Crippen molar-refractivity contribution >= 4 is 5.97 Å². The Kier molecular flexibility index (Phi) is 3.50. The van der Waals surface area contributed by atoms with Crippen molar-refractivity contribution in [1.82, 2.24) is 0 Å². The molecule has 0 fully saturated rings. The number of allylic oxidation sites excluding steroid dienone is 4. The van der Waals surface area contributed by atoms with E-state index in [0.717, 1.165) is 12.0 Å². The van der Waals surface area contributed by atoms with Crippen LogP contribution in [-0.4, -0.2) is 12.6 Å². The molecule has 0 aromatic heterocycles. The van der Waals surface area contributed by atoms with Crippen LogP contribution in [0.4, 0.5) is 0 Å². The molecule has 0 N–H and O–H groups in total. The third kappa shape index (κ3) is 3.74. The second-order valence-corrected chi connectivity index (χ2v) is 3.09. The van der Waals surface area contributed by atoms with Gasteiger partial charge in [0.15, 0.2) is 0 Å². The summed E-state index contributed by atoms with van der Waals surface area (Å²) >= 11 is 0. The molecule has 0 bridgehead atoms. The predicted molar refractivity (Wildman–Crippen MR) is 52.2 cm³/mol. The van der Waals surface area contributed by atoms with Gasteiger partial charge in [-0.15, -0.1) is 0 Å². The zero-order chi connectivity index (χ0) is 9.68. The summed E-state index contributed by atoms with van der Waals surface area (Å²) in [7, 11) is 0. The van der Waals surface area contributed by atoms with Gasteiger partial charge in [0.25, 0.3) is 0 Å². The summed E-state index contributed by atoms with van der Waals surface area (Å²) in [4.78, 5) is 10.6. The first-order valence-electron chi connectivity index (χ1n) is 4.36. The first kappa shape index (κ1) is 9.78. The lowest BCUT2D eigenvalue weighted by Crippen LogP contribution is -2.02. The van der Waals surface area contributed by atoms with Crippen LogP contribution in [0.2, 0.25) is 0 Å². The molecule has 0 spiro atoms. The first-order valence-corrected chi connectivity index (χ1v) is 4.36. The maximum Gasteiger partial charge on any atom is 0.302 e. The van der Waals surface area contributed by atoms with E-state index in [0.29, 0.717) is 6.61 Å². The van der Waals surface area contributed by atoms with Crippen molar-refractivity contribution in [2.24, 2.45) is 0 Å². The van der Waals surface area contributed by atoms with Crippen molar-refractivity contribution in [3.05, 3.63) is 35.5 Å². The molecule has 0 saturated heterocycles. The number of carbonyl (C=O) groups is 1. The topological polar surface area (TPSA) is 26.3 Å². The second-order valence-electron chi connectivity index (χ2n) is 3.09. The van der Waals surface area contributed by atoms with Crippen LogP contribution in [0.1, 0.15) is 20.3 Å². The Morgan fingerprint density at radius 2 is 2.38 bits per heavy atom. The quantitative estimate of drug-likeness (QED) is 0.607. The highest BCUT2D eigenvalue weighted by Gasteiger charge is 1.99. The molecule has 1 rings (SSSR count). The van der Waals surface area contributed by atoms with Gasteiger partial charge in [-0.25, -0.2) is 0 Å². The van der Waals surface area contributed by atoms with E-state index < -0.39 is 0 Å². The van der Waals surface area contributed by atoms with Crippen molar-refractivity contribution in [2.75, 3.05) is 6.61 Å². The number of ether oxygens (including phenoxy) is 1. The molecular formula is C11H14O2. The molecule has 0 atom stereocenters. The average molecular weight is 178 g/mol. The molecule has 1 aliphatic carbocycles. The lowest BCUT2D eigenvalue weighted by molar-refractivity contribution is -0.139. The van der Waals surface area contributed by atoms with Crippen LogP contribution < -0.4 is 0 Å². The molecule has 2 nitrogen and oxygen atoms in total. The number of hydrogen-bond donors (Lipinski definition) is 0. The molecule has 0 aromatic rings. The number of carbonyl (C=O) groups excluding carboxylic acids is 1. The number of esters is 1. The van der Waals surface area contributed by atoms with Crippen LogP contribution in [0.15, 0.2) is 35.5 Å². The molecule has 1 aliphatic rings. The molecule has 0 heterocycles. The highest BCUT2D eigenvalue weighted by atomic mass is 16.5. The predicted octanol–water partition coefficient (Wildman–Crippen LogP) is 2.38. The second kappa shape index (κ2) is 4.65. The molecule has 0 aliphatic heterocycles. The average Bonchev–Trinajstić information content (AvgIpc) is 2.26. The van der Waals surface area contributed by atoms with E-state index in [2.05, 4.69) is 18.2 Å². The molecule has 2 heteroatoms. The van der Waals surface area contributed by atoms with Crippen molar-refractivity contribution < 1.29 is 9.53 Å². The third-order valence-electron chi connectivity index (χ3n) is 1.75. The smallest absolute Gasteiger partial charge is 0.302 e. The van der Waals surface area contributed by atoms with Gasteiger partial charge in [0, 0.05) is 6.92 Å². The normalized spacial score (nSPS) is 15.8. The Morgan fingerprint density at radius 3 is 3.08 bits per heavy atom. The van der Waals surface area contributed by atoms with E-state index in [1.54, 1.807) is 0 Å². The summed E-state index contributed by atoms with van der Waals surface area (Å²) in [5, 5.41) is 0. The van der Waals surface area contributed by atoms with Gasteiger partial charge in [-0.3, -0.25) is 4.79 Å². The van der Waals surface area contributed by atoms with Gasteiger partial charge < -0.3 is 4.74 Å². The fourth-order valence-electron chi connectivity index (χ4n) is 1.16. The van der Waals surface area contributed by atoms with Gasteiger partial charge in [0.05, 0.1) is 0 Å². The Labute approximate surface area is 78.6 Å². The fraction of sp³-hybridized carbons (Fsp3) is 0.364. The minimum absolute atomic E-state index is 0.232. The van der Waals surface area contributed by atoms with Crippen LogP contribution in [0.5, 0.6) is 0 Å². The zero-order valence-electron chi connectivity index (χ0n) is 8.04. The molecule has 0 amide bonds. The van der Waals surface area contributed by atoms with Crippen molar-refractivity contribution in [2.45, 2.75) is 20.3 Å². The van der Waals surface area contributed by atoms with E-state index in [4.69, 9.17) is 4.74 Å². The Morgan fingerprint density at radius 1 is 1.62 bits per heavy atom. The van der Waals surface area contributed by atoms with Gasteiger partial charge in [0.2, 0.25) is 0 Å². The summed E-state index contributed by atoms with van der Waals surface area (Å²) in [5.41, 5.74) is 2.26. The zero-order valence-corrected chi connectivity index (χ0v) is 8.04. The largest absolute Gasteiger partial charge is 0.461 e. The van der Waals surface area contributed by atoms with Gasteiger partial charge in [0.1, 0.15) is 6.61 Å². The lowest BCUT2D eigenvalue weighted by Gasteiger charge is -2.02. The molecule has 70 valence electrons. The summed E-state index contributed by atoms with van der Waals surface area (Å²) < 4.78 is 4.91. The SMILES string of the molecule is CC(=O)OCC1=CCC=CC(C)=C1. The highest BCUT2D eigenvalue weighted by molar-refractivity contribution is 5.66. The molecular weight excluding hydrogens is 164 g/mol. The highest BCUT2D eigenvalue weighted by Crippen LogP contribution is 2.10. The van der Waals surface area contributed by atoms with Crippen LogP contribution in [0.25, 0.3) is 0 Å². The van der Waals surface area contributed by atoms with Crippen LogP contribution in [0, 0.1) is 0 Å². The van der Waals surface area contributed by atoms with E-state index >= 15 is 0 Å². The molecule has 0 saturated carbocycles. The summed E-state index contributed by atoms with van der Waals surface area (Å²) in [6, 6.07) is 0. The van der Waals surface area contributed by atoms with Gasteiger partial charge >= 0.3 is 5.97 Å². The van der Waals surface area contributed by atoms with Crippen LogP contribution in [0.3, 0.4) is 0 Å². The Hall–Kier alpha value is -1.31. The van der Waals surface area contributed by atoms with Gasteiger partial charge in [-0.05, 0) is 18.9 Å². The first-order chi connectivity index (χ1) is 6.18.